The summed E-state index contributed by atoms with van der Waals surface area (Å²) < 4.78 is 31.9. The van der Waals surface area contributed by atoms with Gasteiger partial charge in [-0.05, 0) is 19.4 Å². The molecule has 0 radical (unpaired) electrons. The van der Waals surface area contributed by atoms with E-state index in [-0.39, 0.29) is 6.61 Å². The number of hydrogen-bond donors (Lipinski definition) is 1. The smallest absolute Gasteiger partial charge is 0.259 e. The van der Waals surface area contributed by atoms with Crippen molar-refractivity contribution < 1.29 is 13.5 Å². The zero-order valence-electron chi connectivity index (χ0n) is 10.1. The van der Waals surface area contributed by atoms with Crippen LogP contribution in [-0.4, -0.2) is 31.7 Å². The van der Waals surface area contributed by atoms with E-state index >= 15 is 0 Å². The lowest BCUT2D eigenvalue weighted by Gasteiger charge is -2.23. The molecule has 0 aromatic rings. The van der Waals surface area contributed by atoms with Crippen LogP contribution in [0, 0.1) is 11.3 Å². The Balaban J connectivity index is 1.66. The molecule has 0 amide bonds. The average Bonchev–Trinajstić information content (AvgIpc) is 2.62. The van der Waals surface area contributed by atoms with Crippen molar-refractivity contribution in [3.63, 3.8) is 0 Å². The molecule has 1 saturated heterocycles. The van der Waals surface area contributed by atoms with E-state index in [0.717, 1.165) is 13.0 Å². The highest BCUT2D eigenvalue weighted by atomic mass is 19.3. The average molecular weight is 233 g/mol. The van der Waals surface area contributed by atoms with Crippen LogP contribution in [0.4, 0.5) is 8.78 Å². The molecule has 2 aliphatic rings. The van der Waals surface area contributed by atoms with E-state index in [4.69, 9.17) is 4.74 Å². The predicted molar refractivity (Wildman–Crippen MR) is 58.7 cm³/mol. The Bertz CT molecular complexity index is 235. The van der Waals surface area contributed by atoms with Gasteiger partial charge in [-0.3, -0.25) is 0 Å². The SMILES string of the molecule is CC1(C)C(COCC2CCCCN2)C1(F)F. The van der Waals surface area contributed by atoms with E-state index in [1.165, 1.54) is 12.8 Å². The lowest BCUT2D eigenvalue weighted by atomic mass is 10.1. The Morgan fingerprint density at radius 2 is 1.94 bits per heavy atom. The van der Waals surface area contributed by atoms with Gasteiger partial charge in [0, 0.05) is 11.5 Å². The number of rotatable bonds is 4. The van der Waals surface area contributed by atoms with Gasteiger partial charge in [0.2, 0.25) is 0 Å². The van der Waals surface area contributed by atoms with Crippen LogP contribution in [0.15, 0.2) is 0 Å². The number of halogens is 2. The summed E-state index contributed by atoms with van der Waals surface area (Å²) in [5, 5.41) is 3.34. The van der Waals surface area contributed by atoms with E-state index in [2.05, 4.69) is 5.32 Å². The molecule has 16 heavy (non-hydrogen) atoms. The molecular weight excluding hydrogens is 212 g/mol. The van der Waals surface area contributed by atoms with Gasteiger partial charge in [0.15, 0.2) is 0 Å². The summed E-state index contributed by atoms with van der Waals surface area (Å²) in [4.78, 5) is 0. The molecule has 0 aromatic heterocycles. The van der Waals surface area contributed by atoms with E-state index in [0.29, 0.717) is 12.6 Å². The molecular formula is C12H21F2NO. The molecule has 2 atom stereocenters. The molecule has 0 bridgehead atoms. The van der Waals surface area contributed by atoms with E-state index in [1.807, 2.05) is 0 Å². The highest BCUT2D eigenvalue weighted by molar-refractivity contribution is 5.12. The molecule has 4 heteroatoms. The van der Waals surface area contributed by atoms with Crippen molar-refractivity contribution in [2.75, 3.05) is 19.8 Å². The highest BCUT2D eigenvalue weighted by Crippen LogP contribution is 2.65. The summed E-state index contributed by atoms with van der Waals surface area (Å²) in [6.07, 6.45) is 3.53. The largest absolute Gasteiger partial charge is 0.379 e. The first kappa shape index (κ1) is 12.2. The van der Waals surface area contributed by atoms with Crippen molar-refractivity contribution in [3.05, 3.63) is 0 Å². The normalized spacial score (nSPS) is 36.0. The molecule has 94 valence electrons. The second kappa shape index (κ2) is 4.22. The van der Waals surface area contributed by atoms with Gasteiger partial charge in [-0.25, -0.2) is 8.78 Å². The maximum atomic E-state index is 13.2. The number of alkyl halides is 2. The van der Waals surface area contributed by atoms with Crippen molar-refractivity contribution in [2.24, 2.45) is 11.3 Å². The van der Waals surface area contributed by atoms with Crippen molar-refractivity contribution >= 4 is 0 Å². The second-order valence-corrected chi connectivity index (χ2v) is 5.58. The lowest BCUT2D eigenvalue weighted by molar-refractivity contribution is 0.0386. The van der Waals surface area contributed by atoms with Gasteiger partial charge < -0.3 is 10.1 Å². The minimum atomic E-state index is -2.53. The number of piperidine rings is 1. The van der Waals surface area contributed by atoms with Crippen LogP contribution < -0.4 is 5.32 Å². The number of nitrogens with one attached hydrogen (secondary N) is 1. The zero-order chi connectivity index (χ0) is 11.8. The maximum absolute atomic E-state index is 13.2. The van der Waals surface area contributed by atoms with E-state index in [9.17, 15) is 8.78 Å². The van der Waals surface area contributed by atoms with E-state index < -0.39 is 17.3 Å². The summed E-state index contributed by atoms with van der Waals surface area (Å²) in [7, 11) is 0. The topological polar surface area (TPSA) is 21.3 Å². The fourth-order valence-corrected chi connectivity index (χ4v) is 2.46. The number of hydrogen-bond acceptors (Lipinski definition) is 2. The van der Waals surface area contributed by atoms with Crippen LogP contribution in [0.25, 0.3) is 0 Å². The van der Waals surface area contributed by atoms with Crippen molar-refractivity contribution in [2.45, 2.75) is 45.1 Å². The van der Waals surface area contributed by atoms with Crippen molar-refractivity contribution in [1.29, 1.82) is 0 Å². The molecule has 1 N–H and O–H groups in total. The monoisotopic (exact) mass is 233 g/mol. The molecule has 1 heterocycles. The van der Waals surface area contributed by atoms with Crippen molar-refractivity contribution in [1.82, 2.24) is 5.32 Å². The third-order valence-electron chi connectivity index (χ3n) is 4.10. The molecule has 0 spiro atoms. The highest BCUT2D eigenvalue weighted by Gasteiger charge is 2.74. The molecule has 1 aliphatic heterocycles. The standard InChI is InChI=1S/C12H21F2NO/c1-11(2)10(12(11,13)14)8-16-7-9-5-3-4-6-15-9/h9-10,15H,3-8H2,1-2H3. The summed E-state index contributed by atoms with van der Waals surface area (Å²) >= 11 is 0. The number of ether oxygens (including phenoxy) is 1. The minimum Gasteiger partial charge on any atom is -0.379 e. The van der Waals surface area contributed by atoms with Gasteiger partial charge >= 0.3 is 0 Å². The molecule has 2 unspecified atom stereocenters. The van der Waals surface area contributed by atoms with Gasteiger partial charge in [0.05, 0.1) is 19.1 Å². The summed E-state index contributed by atoms with van der Waals surface area (Å²) in [5.41, 5.74) is -0.868. The Morgan fingerprint density at radius 3 is 2.44 bits per heavy atom. The Morgan fingerprint density at radius 1 is 1.25 bits per heavy atom. The first-order valence-electron chi connectivity index (χ1n) is 6.15. The minimum absolute atomic E-state index is 0.193. The van der Waals surface area contributed by atoms with Gasteiger partial charge in [-0.2, -0.15) is 0 Å². The van der Waals surface area contributed by atoms with Crippen LogP contribution >= 0.6 is 0 Å². The molecule has 2 rings (SSSR count). The third kappa shape index (κ3) is 2.09. The molecule has 2 nitrogen and oxygen atoms in total. The predicted octanol–water partition coefficient (Wildman–Crippen LogP) is 2.44. The lowest BCUT2D eigenvalue weighted by Crippen LogP contribution is -2.37. The van der Waals surface area contributed by atoms with Crippen molar-refractivity contribution in [3.8, 4) is 0 Å². The molecule has 1 aliphatic carbocycles. The fourth-order valence-electron chi connectivity index (χ4n) is 2.46. The molecule has 0 aromatic carbocycles. The van der Waals surface area contributed by atoms with Crippen LogP contribution in [0.5, 0.6) is 0 Å². The van der Waals surface area contributed by atoms with E-state index in [1.54, 1.807) is 13.8 Å². The fraction of sp³-hybridized carbons (Fsp3) is 1.00. The molecule has 2 fully saturated rings. The van der Waals surface area contributed by atoms with Crippen LogP contribution in [0.2, 0.25) is 0 Å². The first-order chi connectivity index (χ1) is 7.46. The molecule has 1 saturated carbocycles. The van der Waals surface area contributed by atoms with Gasteiger partial charge in [-0.15, -0.1) is 0 Å². The van der Waals surface area contributed by atoms with Gasteiger partial charge in [0.25, 0.3) is 5.92 Å². The maximum Gasteiger partial charge on any atom is 0.259 e. The zero-order valence-corrected chi connectivity index (χ0v) is 10.1. The third-order valence-corrected chi connectivity index (χ3v) is 4.10. The Kier molecular flexibility index (Phi) is 3.23. The Hall–Kier alpha value is -0.220. The van der Waals surface area contributed by atoms with Crippen LogP contribution in [0.1, 0.15) is 33.1 Å². The van der Waals surface area contributed by atoms with Gasteiger partial charge in [-0.1, -0.05) is 20.3 Å². The van der Waals surface area contributed by atoms with Crippen LogP contribution in [0.3, 0.4) is 0 Å². The Labute approximate surface area is 95.7 Å². The summed E-state index contributed by atoms with van der Waals surface area (Å²) in [6.45, 7) is 5.01. The second-order valence-electron chi connectivity index (χ2n) is 5.58. The summed E-state index contributed by atoms with van der Waals surface area (Å²) in [6, 6.07) is 0.365. The van der Waals surface area contributed by atoms with Gasteiger partial charge in [0.1, 0.15) is 0 Å². The quantitative estimate of drug-likeness (QED) is 0.805. The van der Waals surface area contributed by atoms with Crippen LogP contribution in [-0.2, 0) is 4.74 Å². The first-order valence-corrected chi connectivity index (χ1v) is 6.15. The summed E-state index contributed by atoms with van der Waals surface area (Å²) in [5.74, 6) is -3.13.